The van der Waals surface area contributed by atoms with Crippen LogP contribution in [0.25, 0.3) is 0 Å². The average molecular weight is 198 g/mol. The van der Waals surface area contributed by atoms with Gasteiger partial charge in [0.05, 0.1) is 11.4 Å². The number of nitrogens with zero attached hydrogens (tertiary/aromatic N) is 2. The number of aldehydes is 1. The summed E-state index contributed by atoms with van der Waals surface area (Å²) in [6.45, 7) is 7.14. The summed E-state index contributed by atoms with van der Waals surface area (Å²) in [7, 11) is 0. The van der Waals surface area contributed by atoms with Gasteiger partial charge in [-0.05, 0) is 13.1 Å². The minimum absolute atomic E-state index is 0.710. The van der Waals surface area contributed by atoms with Gasteiger partial charge in [0.1, 0.15) is 5.01 Å². The number of carbonyl (C=O) groups excluding carboxylic acids is 1. The number of thiazole rings is 1. The van der Waals surface area contributed by atoms with Gasteiger partial charge in [-0.15, -0.1) is 11.3 Å². The molecule has 0 amide bonds. The van der Waals surface area contributed by atoms with Crippen molar-refractivity contribution in [2.75, 3.05) is 13.1 Å². The van der Waals surface area contributed by atoms with Crippen molar-refractivity contribution in [3.8, 4) is 0 Å². The Hall–Kier alpha value is -0.740. The first kappa shape index (κ1) is 10.3. The van der Waals surface area contributed by atoms with Gasteiger partial charge in [0.2, 0.25) is 0 Å². The quantitative estimate of drug-likeness (QED) is 0.676. The van der Waals surface area contributed by atoms with Gasteiger partial charge in [-0.3, -0.25) is 9.69 Å². The zero-order valence-electron chi connectivity index (χ0n) is 7.99. The average Bonchev–Trinajstić information content (AvgIpc) is 2.61. The predicted octanol–water partition coefficient (Wildman–Crippen LogP) is 1.80. The molecule has 13 heavy (non-hydrogen) atoms. The van der Waals surface area contributed by atoms with E-state index in [9.17, 15) is 4.79 Å². The highest BCUT2D eigenvalue weighted by Crippen LogP contribution is 2.12. The van der Waals surface area contributed by atoms with Crippen LogP contribution in [0, 0.1) is 0 Å². The number of hydrogen-bond acceptors (Lipinski definition) is 4. The molecule has 1 rings (SSSR count). The molecule has 0 spiro atoms. The molecule has 0 N–H and O–H groups in total. The fraction of sp³-hybridized carbons (Fsp3) is 0.556. The predicted molar refractivity (Wildman–Crippen MR) is 54.1 cm³/mol. The van der Waals surface area contributed by atoms with Gasteiger partial charge in [0, 0.05) is 6.20 Å². The molecule has 0 atom stereocenters. The molecule has 1 heterocycles. The third-order valence-electron chi connectivity index (χ3n) is 1.94. The second-order valence-corrected chi connectivity index (χ2v) is 3.88. The molecule has 1 aromatic heterocycles. The molecular weight excluding hydrogens is 184 g/mol. The second kappa shape index (κ2) is 5.09. The zero-order valence-corrected chi connectivity index (χ0v) is 8.80. The van der Waals surface area contributed by atoms with Crippen LogP contribution in [0.3, 0.4) is 0 Å². The standard InChI is InChI=1S/C9H14N2OS/c1-3-11(4-2)6-9-10-5-8(7-12)13-9/h5,7H,3-4,6H2,1-2H3. The number of aromatic nitrogens is 1. The SMILES string of the molecule is CCN(CC)Cc1ncc(C=O)s1. The van der Waals surface area contributed by atoms with E-state index < -0.39 is 0 Å². The monoisotopic (exact) mass is 198 g/mol. The van der Waals surface area contributed by atoms with Crippen molar-refractivity contribution >= 4 is 17.6 Å². The van der Waals surface area contributed by atoms with Gasteiger partial charge in [-0.2, -0.15) is 0 Å². The molecule has 72 valence electrons. The fourth-order valence-corrected chi connectivity index (χ4v) is 1.87. The Labute approximate surface area is 82.4 Å². The molecule has 0 aliphatic rings. The van der Waals surface area contributed by atoms with Crippen LogP contribution in [0.2, 0.25) is 0 Å². The number of rotatable bonds is 5. The lowest BCUT2D eigenvalue weighted by Gasteiger charge is -2.15. The largest absolute Gasteiger partial charge is 0.297 e. The Bertz CT molecular complexity index is 268. The fourth-order valence-electron chi connectivity index (χ4n) is 1.09. The Kier molecular flexibility index (Phi) is 4.05. The molecule has 0 bridgehead atoms. The number of carbonyl (C=O) groups is 1. The zero-order chi connectivity index (χ0) is 9.68. The Morgan fingerprint density at radius 3 is 2.69 bits per heavy atom. The van der Waals surface area contributed by atoms with E-state index in [1.807, 2.05) is 0 Å². The summed E-state index contributed by atoms with van der Waals surface area (Å²) >= 11 is 1.47. The van der Waals surface area contributed by atoms with Crippen LogP contribution in [-0.2, 0) is 6.54 Å². The summed E-state index contributed by atoms with van der Waals surface area (Å²) in [6, 6.07) is 0. The van der Waals surface area contributed by atoms with E-state index in [-0.39, 0.29) is 0 Å². The smallest absolute Gasteiger partial charge is 0.161 e. The molecule has 0 aliphatic carbocycles. The van der Waals surface area contributed by atoms with Crippen LogP contribution in [0.5, 0.6) is 0 Å². The number of hydrogen-bond donors (Lipinski definition) is 0. The normalized spacial score (nSPS) is 10.7. The van der Waals surface area contributed by atoms with E-state index >= 15 is 0 Å². The van der Waals surface area contributed by atoms with Gasteiger partial charge in [-0.1, -0.05) is 13.8 Å². The topological polar surface area (TPSA) is 33.2 Å². The summed E-state index contributed by atoms with van der Waals surface area (Å²) in [5, 5.41) is 1.02. The van der Waals surface area contributed by atoms with E-state index in [0.29, 0.717) is 4.88 Å². The minimum Gasteiger partial charge on any atom is -0.297 e. The lowest BCUT2D eigenvalue weighted by atomic mass is 10.5. The van der Waals surface area contributed by atoms with E-state index in [0.717, 1.165) is 30.9 Å². The lowest BCUT2D eigenvalue weighted by molar-refractivity contribution is 0.112. The maximum Gasteiger partial charge on any atom is 0.161 e. The Morgan fingerprint density at radius 1 is 1.54 bits per heavy atom. The van der Waals surface area contributed by atoms with Crippen LogP contribution >= 0.6 is 11.3 Å². The van der Waals surface area contributed by atoms with Crippen LogP contribution in [0.4, 0.5) is 0 Å². The highest BCUT2D eigenvalue weighted by atomic mass is 32.1. The summed E-state index contributed by atoms with van der Waals surface area (Å²) in [6.07, 6.45) is 2.49. The van der Waals surface area contributed by atoms with Gasteiger partial charge in [0.15, 0.2) is 6.29 Å². The lowest BCUT2D eigenvalue weighted by Crippen LogP contribution is -2.21. The highest BCUT2D eigenvalue weighted by molar-refractivity contribution is 7.13. The van der Waals surface area contributed by atoms with Crippen LogP contribution in [0.15, 0.2) is 6.20 Å². The molecule has 0 unspecified atom stereocenters. The van der Waals surface area contributed by atoms with Gasteiger partial charge in [-0.25, -0.2) is 4.98 Å². The highest BCUT2D eigenvalue weighted by Gasteiger charge is 2.04. The van der Waals surface area contributed by atoms with Crippen molar-refractivity contribution in [1.29, 1.82) is 0 Å². The van der Waals surface area contributed by atoms with Gasteiger partial charge >= 0.3 is 0 Å². The Balaban J connectivity index is 2.57. The maximum atomic E-state index is 10.4. The van der Waals surface area contributed by atoms with E-state index in [1.54, 1.807) is 6.20 Å². The molecule has 0 aromatic carbocycles. The molecule has 0 fully saturated rings. The molecule has 4 heteroatoms. The van der Waals surface area contributed by atoms with Gasteiger partial charge in [0.25, 0.3) is 0 Å². The molecular formula is C9H14N2OS. The first-order valence-electron chi connectivity index (χ1n) is 4.42. The van der Waals surface area contributed by atoms with Crippen LogP contribution in [-0.4, -0.2) is 29.3 Å². The van der Waals surface area contributed by atoms with Gasteiger partial charge < -0.3 is 0 Å². The summed E-state index contributed by atoms with van der Waals surface area (Å²) < 4.78 is 0. The summed E-state index contributed by atoms with van der Waals surface area (Å²) in [5.41, 5.74) is 0. The Morgan fingerprint density at radius 2 is 2.23 bits per heavy atom. The first-order valence-corrected chi connectivity index (χ1v) is 5.24. The molecule has 0 saturated heterocycles. The van der Waals surface area contributed by atoms with Crippen molar-refractivity contribution in [2.45, 2.75) is 20.4 Å². The third kappa shape index (κ3) is 2.90. The molecule has 1 aromatic rings. The third-order valence-corrected chi connectivity index (χ3v) is 2.85. The van der Waals surface area contributed by atoms with Crippen molar-refractivity contribution in [1.82, 2.24) is 9.88 Å². The van der Waals surface area contributed by atoms with E-state index in [4.69, 9.17) is 0 Å². The maximum absolute atomic E-state index is 10.4. The molecule has 0 radical (unpaired) electrons. The molecule has 0 aliphatic heterocycles. The summed E-state index contributed by atoms with van der Waals surface area (Å²) in [4.78, 5) is 17.6. The molecule has 0 saturated carbocycles. The van der Waals surface area contributed by atoms with Crippen LogP contribution < -0.4 is 0 Å². The van der Waals surface area contributed by atoms with Crippen molar-refractivity contribution in [2.24, 2.45) is 0 Å². The minimum atomic E-state index is 0.710. The second-order valence-electron chi connectivity index (χ2n) is 2.74. The van der Waals surface area contributed by atoms with E-state index in [2.05, 4.69) is 23.7 Å². The van der Waals surface area contributed by atoms with Crippen molar-refractivity contribution in [3.05, 3.63) is 16.1 Å². The van der Waals surface area contributed by atoms with E-state index in [1.165, 1.54) is 11.3 Å². The summed E-state index contributed by atoms with van der Waals surface area (Å²) in [5.74, 6) is 0. The molecule has 3 nitrogen and oxygen atoms in total. The van der Waals surface area contributed by atoms with Crippen LogP contribution in [0.1, 0.15) is 28.5 Å². The first-order chi connectivity index (χ1) is 6.30. The van der Waals surface area contributed by atoms with Crippen molar-refractivity contribution in [3.63, 3.8) is 0 Å². The van der Waals surface area contributed by atoms with Crippen molar-refractivity contribution < 1.29 is 4.79 Å².